The minimum atomic E-state index is -0.608. The highest BCUT2D eigenvalue weighted by atomic mass is 19.1. The van der Waals surface area contributed by atoms with Gasteiger partial charge in [-0.2, -0.15) is 0 Å². The Bertz CT molecular complexity index is 768. The van der Waals surface area contributed by atoms with Crippen molar-refractivity contribution in [3.8, 4) is 17.2 Å². The Morgan fingerprint density at radius 3 is 2.64 bits per heavy atom. The van der Waals surface area contributed by atoms with Gasteiger partial charge in [-0.25, -0.2) is 4.39 Å². The molecule has 0 radical (unpaired) electrons. The predicted molar refractivity (Wildman–Crippen MR) is 90.5 cm³/mol. The molecule has 3 N–H and O–H groups in total. The summed E-state index contributed by atoms with van der Waals surface area (Å²) >= 11 is 0. The molecule has 1 heterocycles. The SMILES string of the molecule is COc1ccccc1Oc1ccc(NC(=O)C2CC(O)CN2)cc1F. The average molecular weight is 346 g/mol. The van der Waals surface area contributed by atoms with Gasteiger partial charge in [0.05, 0.1) is 19.3 Å². The summed E-state index contributed by atoms with van der Waals surface area (Å²) in [6.45, 7) is 0.373. The van der Waals surface area contributed by atoms with Gasteiger partial charge in [0, 0.05) is 18.3 Å². The zero-order valence-electron chi connectivity index (χ0n) is 13.7. The summed E-state index contributed by atoms with van der Waals surface area (Å²) in [6.07, 6.45) is -0.201. The van der Waals surface area contributed by atoms with Gasteiger partial charge in [-0.05, 0) is 30.7 Å². The van der Waals surface area contributed by atoms with Gasteiger partial charge >= 0.3 is 0 Å². The third-order valence-electron chi connectivity index (χ3n) is 3.91. The van der Waals surface area contributed by atoms with Crippen LogP contribution < -0.4 is 20.1 Å². The number of ether oxygens (including phenoxy) is 2. The molecule has 2 aromatic carbocycles. The van der Waals surface area contributed by atoms with Crippen LogP contribution in [0.1, 0.15) is 6.42 Å². The minimum absolute atomic E-state index is 0.0249. The van der Waals surface area contributed by atoms with E-state index in [9.17, 15) is 14.3 Å². The molecule has 1 aliphatic heterocycles. The molecule has 2 aromatic rings. The smallest absolute Gasteiger partial charge is 0.241 e. The van der Waals surface area contributed by atoms with E-state index >= 15 is 0 Å². The molecule has 132 valence electrons. The molecule has 0 saturated carbocycles. The first-order chi connectivity index (χ1) is 12.1. The van der Waals surface area contributed by atoms with Crippen molar-refractivity contribution in [3.05, 3.63) is 48.3 Å². The number of rotatable bonds is 5. The summed E-state index contributed by atoms with van der Waals surface area (Å²) < 4.78 is 25.0. The number of aliphatic hydroxyl groups is 1. The lowest BCUT2D eigenvalue weighted by Gasteiger charge is -2.13. The number of anilines is 1. The van der Waals surface area contributed by atoms with E-state index < -0.39 is 18.0 Å². The number of halogens is 1. The molecular weight excluding hydrogens is 327 g/mol. The van der Waals surface area contributed by atoms with E-state index in [-0.39, 0.29) is 11.7 Å². The van der Waals surface area contributed by atoms with E-state index in [2.05, 4.69) is 10.6 Å². The van der Waals surface area contributed by atoms with Gasteiger partial charge < -0.3 is 25.2 Å². The van der Waals surface area contributed by atoms with Crippen LogP contribution in [0, 0.1) is 5.82 Å². The van der Waals surface area contributed by atoms with Gasteiger partial charge in [0.25, 0.3) is 0 Å². The van der Waals surface area contributed by atoms with Crippen LogP contribution in [0.5, 0.6) is 17.2 Å². The highest BCUT2D eigenvalue weighted by molar-refractivity contribution is 5.95. The van der Waals surface area contributed by atoms with Crippen LogP contribution in [0.2, 0.25) is 0 Å². The molecule has 6 nitrogen and oxygen atoms in total. The number of hydrogen-bond acceptors (Lipinski definition) is 5. The number of benzene rings is 2. The lowest BCUT2D eigenvalue weighted by Crippen LogP contribution is -2.35. The molecule has 1 saturated heterocycles. The van der Waals surface area contributed by atoms with Crippen LogP contribution in [0.15, 0.2) is 42.5 Å². The van der Waals surface area contributed by atoms with E-state index in [1.54, 1.807) is 30.3 Å². The molecule has 0 aromatic heterocycles. The zero-order chi connectivity index (χ0) is 17.8. The van der Waals surface area contributed by atoms with Gasteiger partial charge in [0.2, 0.25) is 5.91 Å². The number of nitrogens with one attached hydrogen (secondary N) is 2. The zero-order valence-corrected chi connectivity index (χ0v) is 13.7. The number of aliphatic hydroxyl groups excluding tert-OH is 1. The molecule has 7 heteroatoms. The average Bonchev–Trinajstić information content (AvgIpc) is 3.04. The molecule has 0 spiro atoms. The fourth-order valence-electron chi connectivity index (χ4n) is 2.63. The van der Waals surface area contributed by atoms with Crippen LogP contribution in [0.4, 0.5) is 10.1 Å². The van der Waals surface area contributed by atoms with Crippen molar-refractivity contribution in [1.29, 1.82) is 0 Å². The molecule has 1 fully saturated rings. The molecule has 2 unspecified atom stereocenters. The van der Waals surface area contributed by atoms with E-state index in [0.29, 0.717) is 30.2 Å². The minimum Gasteiger partial charge on any atom is -0.493 e. The number of carbonyl (C=O) groups is 1. The van der Waals surface area contributed by atoms with Crippen molar-refractivity contribution in [2.45, 2.75) is 18.6 Å². The molecule has 2 atom stereocenters. The van der Waals surface area contributed by atoms with E-state index in [0.717, 1.165) is 0 Å². The number of para-hydroxylation sites is 2. The Hall–Kier alpha value is -2.64. The summed E-state index contributed by atoms with van der Waals surface area (Å²) in [4.78, 5) is 12.1. The topological polar surface area (TPSA) is 79.8 Å². The maximum Gasteiger partial charge on any atom is 0.241 e. The number of hydrogen-bond donors (Lipinski definition) is 3. The molecule has 1 amide bonds. The summed E-state index contributed by atoms with van der Waals surface area (Å²) in [5.74, 6) is -0.00986. The van der Waals surface area contributed by atoms with E-state index in [1.165, 1.54) is 19.2 Å². The monoisotopic (exact) mass is 346 g/mol. The lowest BCUT2D eigenvalue weighted by atomic mass is 10.2. The molecule has 1 aliphatic rings. The molecule has 0 bridgehead atoms. The largest absolute Gasteiger partial charge is 0.493 e. The van der Waals surface area contributed by atoms with Gasteiger partial charge in [0.1, 0.15) is 0 Å². The normalized spacial score (nSPS) is 19.5. The second kappa shape index (κ2) is 7.50. The summed E-state index contributed by atoms with van der Waals surface area (Å²) in [7, 11) is 1.51. The third-order valence-corrected chi connectivity index (χ3v) is 3.91. The first-order valence-corrected chi connectivity index (χ1v) is 7.89. The van der Waals surface area contributed by atoms with Crippen molar-refractivity contribution in [3.63, 3.8) is 0 Å². The Kier molecular flexibility index (Phi) is 5.16. The highest BCUT2D eigenvalue weighted by Crippen LogP contribution is 2.33. The predicted octanol–water partition coefficient (Wildman–Crippen LogP) is 2.29. The summed E-state index contributed by atoms with van der Waals surface area (Å²) in [5.41, 5.74) is 0.318. The number of methoxy groups -OCH3 is 1. The lowest BCUT2D eigenvalue weighted by molar-refractivity contribution is -0.117. The maximum atomic E-state index is 14.3. The number of β-amino-alcohol motifs (C(OH)–C–C–N with tert-alkyl or cyclic N) is 1. The molecular formula is C18H19FN2O4. The van der Waals surface area contributed by atoms with Gasteiger partial charge in [-0.15, -0.1) is 0 Å². The highest BCUT2D eigenvalue weighted by Gasteiger charge is 2.28. The summed E-state index contributed by atoms with van der Waals surface area (Å²) in [5, 5.41) is 15.0. The van der Waals surface area contributed by atoms with Gasteiger partial charge in [-0.1, -0.05) is 12.1 Å². The van der Waals surface area contributed by atoms with Crippen LogP contribution in [-0.4, -0.2) is 36.8 Å². The quantitative estimate of drug-likeness (QED) is 0.774. The maximum absolute atomic E-state index is 14.3. The fraction of sp³-hybridized carbons (Fsp3) is 0.278. The first kappa shape index (κ1) is 17.2. The molecule has 3 rings (SSSR count). The van der Waals surface area contributed by atoms with Crippen molar-refractivity contribution in [2.24, 2.45) is 0 Å². The van der Waals surface area contributed by atoms with Crippen LogP contribution in [0.25, 0.3) is 0 Å². The Morgan fingerprint density at radius 2 is 2.00 bits per heavy atom. The third kappa shape index (κ3) is 4.07. The Morgan fingerprint density at radius 1 is 1.24 bits per heavy atom. The standard InChI is InChI=1S/C18H19FN2O4/c1-24-16-4-2-3-5-17(16)25-15-7-6-11(8-13(15)19)21-18(23)14-9-12(22)10-20-14/h2-8,12,14,20,22H,9-10H2,1H3,(H,21,23). The first-order valence-electron chi connectivity index (χ1n) is 7.89. The van der Waals surface area contributed by atoms with E-state index in [1.807, 2.05) is 0 Å². The second-order valence-corrected chi connectivity index (χ2v) is 5.74. The Labute approximate surface area is 144 Å². The summed E-state index contributed by atoms with van der Waals surface area (Å²) in [6, 6.07) is 10.6. The van der Waals surface area contributed by atoms with Crippen LogP contribution >= 0.6 is 0 Å². The van der Waals surface area contributed by atoms with E-state index in [4.69, 9.17) is 9.47 Å². The molecule has 25 heavy (non-hydrogen) atoms. The number of amides is 1. The van der Waals surface area contributed by atoms with Crippen molar-refractivity contribution in [2.75, 3.05) is 19.0 Å². The van der Waals surface area contributed by atoms with Crippen LogP contribution in [0.3, 0.4) is 0 Å². The van der Waals surface area contributed by atoms with Crippen molar-refractivity contribution in [1.82, 2.24) is 5.32 Å². The van der Waals surface area contributed by atoms with Crippen LogP contribution in [-0.2, 0) is 4.79 Å². The Balaban J connectivity index is 1.69. The second-order valence-electron chi connectivity index (χ2n) is 5.74. The van der Waals surface area contributed by atoms with Gasteiger partial charge in [-0.3, -0.25) is 4.79 Å². The molecule has 0 aliphatic carbocycles. The number of carbonyl (C=O) groups excluding carboxylic acids is 1. The van der Waals surface area contributed by atoms with Crippen molar-refractivity contribution >= 4 is 11.6 Å². The van der Waals surface area contributed by atoms with Crippen molar-refractivity contribution < 1.29 is 23.8 Å². The fourth-order valence-corrected chi connectivity index (χ4v) is 2.63. The van der Waals surface area contributed by atoms with Gasteiger partial charge in [0.15, 0.2) is 23.1 Å².